The van der Waals surface area contributed by atoms with Crippen molar-refractivity contribution in [3.63, 3.8) is 0 Å². The van der Waals surface area contributed by atoms with Gasteiger partial charge in [0.1, 0.15) is 7.85 Å². The van der Waals surface area contributed by atoms with Crippen LogP contribution in [0.25, 0.3) is 0 Å². The number of halogens is 1. The third-order valence-electron chi connectivity index (χ3n) is 5.74. The molecule has 0 fully saturated rings. The Bertz CT molecular complexity index is 530. The summed E-state index contributed by atoms with van der Waals surface area (Å²) in [6, 6.07) is 0. The molecule has 3 heteroatoms. The van der Waals surface area contributed by atoms with Crippen LogP contribution in [0.3, 0.4) is 0 Å². The van der Waals surface area contributed by atoms with Crippen molar-refractivity contribution in [1.29, 1.82) is 0 Å². The van der Waals surface area contributed by atoms with Crippen molar-refractivity contribution < 1.29 is 0 Å². The van der Waals surface area contributed by atoms with Gasteiger partial charge in [0.25, 0.3) is 0 Å². The Morgan fingerprint density at radius 1 is 0.840 bits per heavy atom. The number of hydrogen-bond acceptors (Lipinski definition) is 1. The van der Waals surface area contributed by atoms with Crippen LogP contribution in [0.15, 0.2) is 0 Å². The molecule has 0 aliphatic heterocycles. The molecule has 25 heavy (non-hydrogen) atoms. The maximum atomic E-state index is 2.74. The predicted molar refractivity (Wildman–Crippen MR) is 127 cm³/mol. The first-order valence-electron chi connectivity index (χ1n) is 10.6. The number of hydrogen-bond donors (Lipinski definition) is 0. The van der Waals surface area contributed by atoms with Gasteiger partial charge >= 0.3 is 0 Å². The quantitative estimate of drug-likeness (QED) is 0.240. The highest BCUT2D eigenvalue weighted by molar-refractivity contribution is 14.1. The Morgan fingerprint density at radius 2 is 1.44 bits per heavy atom. The van der Waals surface area contributed by atoms with E-state index in [9.17, 15) is 0 Å². The van der Waals surface area contributed by atoms with Crippen LogP contribution in [0.5, 0.6) is 0 Å². The molecular weight excluding hydrogens is 434 g/mol. The van der Waals surface area contributed by atoms with E-state index in [1.165, 1.54) is 70.6 Å². The highest BCUT2D eigenvalue weighted by Crippen LogP contribution is 2.40. The van der Waals surface area contributed by atoms with Gasteiger partial charge in [-0.1, -0.05) is 82.4 Å². The van der Waals surface area contributed by atoms with E-state index in [4.69, 9.17) is 0 Å². The summed E-state index contributed by atoms with van der Waals surface area (Å²) in [4.78, 5) is 3.42. The summed E-state index contributed by atoms with van der Waals surface area (Å²) in [7, 11) is 2.48. The largest absolute Gasteiger partial charge is 0.145 e. The molecule has 1 unspecified atom stereocenters. The molecule has 0 aromatic carbocycles. The van der Waals surface area contributed by atoms with Crippen molar-refractivity contribution in [3.8, 4) is 0 Å². The monoisotopic (exact) mass is 472 g/mol. The van der Waals surface area contributed by atoms with Gasteiger partial charge in [0, 0.05) is 9.75 Å². The Labute approximate surface area is 175 Å². The summed E-state index contributed by atoms with van der Waals surface area (Å²) in [5, 5.41) is 0. The second-order valence-electron chi connectivity index (χ2n) is 8.98. The van der Waals surface area contributed by atoms with Crippen LogP contribution in [-0.4, -0.2) is 11.2 Å². The normalized spacial score (nSPS) is 24.3. The first-order valence-corrected chi connectivity index (χ1v) is 12.5. The van der Waals surface area contributed by atoms with Crippen molar-refractivity contribution in [2.75, 3.05) is 0 Å². The summed E-state index contributed by atoms with van der Waals surface area (Å²) in [5.41, 5.74) is 3.48. The molecule has 0 nitrogen and oxygen atoms in total. The summed E-state index contributed by atoms with van der Waals surface area (Å²) >= 11 is 4.89. The predicted octanol–water partition coefficient (Wildman–Crippen LogP) is 7.37. The van der Waals surface area contributed by atoms with Crippen LogP contribution >= 0.6 is 33.9 Å². The van der Waals surface area contributed by atoms with Crippen molar-refractivity contribution in [2.24, 2.45) is 0 Å². The molecule has 0 saturated heterocycles. The fourth-order valence-corrected chi connectivity index (χ4v) is 6.65. The lowest BCUT2D eigenvalue weighted by Crippen LogP contribution is -2.20. The number of alkyl halides is 1. The van der Waals surface area contributed by atoms with Crippen molar-refractivity contribution in [1.82, 2.24) is 0 Å². The van der Waals surface area contributed by atoms with Crippen molar-refractivity contribution in [2.45, 2.75) is 113 Å². The van der Waals surface area contributed by atoms with Crippen LogP contribution in [0.4, 0.5) is 0 Å². The molecule has 1 aliphatic rings. The molecule has 1 atom stereocenters. The first kappa shape index (κ1) is 21.8. The minimum Gasteiger partial charge on any atom is -0.145 e. The minimum atomic E-state index is 0.501. The van der Waals surface area contributed by atoms with Gasteiger partial charge in [0.2, 0.25) is 0 Å². The number of aryl methyl sites for hydroxylation is 1. The molecule has 1 aliphatic carbocycles. The standard InChI is InChI=1S/C22H38BIS/c1-16(2)20-18-12-9-7-5-6-8-10-14-22(23,24)15-11-13-19(18)25-21(20)17(3)4/h16-17H,5-15,23H2,1-4H3. The second kappa shape index (κ2) is 10.2. The number of fused-ring (bicyclic) bond motifs is 1. The van der Waals surface area contributed by atoms with Crippen LogP contribution in [-0.2, 0) is 12.8 Å². The summed E-state index contributed by atoms with van der Waals surface area (Å²) in [6.45, 7) is 9.58. The van der Waals surface area contributed by atoms with E-state index in [-0.39, 0.29) is 0 Å². The van der Waals surface area contributed by atoms with E-state index >= 15 is 0 Å². The average molecular weight is 472 g/mol. The molecule has 0 amide bonds. The lowest BCUT2D eigenvalue weighted by atomic mass is 9.78. The van der Waals surface area contributed by atoms with Crippen LogP contribution in [0.1, 0.15) is 118 Å². The maximum Gasteiger partial charge on any atom is 0.122 e. The maximum absolute atomic E-state index is 2.74. The zero-order chi connectivity index (χ0) is 18.4. The van der Waals surface area contributed by atoms with E-state index in [1.807, 2.05) is 0 Å². The smallest absolute Gasteiger partial charge is 0.122 e. The van der Waals surface area contributed by atoms with Crippen LogP contribution < -0.4 is 0 Å². The van der Waals surface area contributed by atoms with Gasteiger partial charge in [0.15, 0.2) is 0 Å². The lowest BCUT2D eigenvalue weighted by molar-refractivity contribution is 0.542. The van der Waals surface area contributed by atoms with E-state index < -0.39 is 0 Å². The molecule has 1 aromatic rings. The second-order valence-corrected chi connectivity index (χ2v) is 12.7. The van der Waals surface area contributed by atoms with E-state index in [1.54, 1.807) is 20.9 Å². The van der Waals surface area contributed by atoms with Crippen LogP contribution in [0.2, 0.25) is 0 Å². The van der Waals surface area contributed by atoms with Gasteiger partial charge < -0.3 is 0 Å². The Balaban J connectivity index is 2.25. The summed E-state index contributed by atoms with van der Waals surface area (Å²) < 4.78 is 0.501. The van der Waals surface area contributed by atoms with E-state index in [0.717, 1.165) is 0 Å². The fourth-order valence-electron chi connectivity index (χ4n) is 4.33. The zero-order valence-corrected chi connectivity index (χ0v) is 20.2. The average Bonchev–Trinajstić information content (AvgIpc) is 2.88. The first-order chi connectivity index (χ1) is 11.8. The number of rotatable bonds is 2. The van der Waals surface area contributed by atoms with Gasteiger partial charge in [-0.25, -0.2) is 0 Å². The van der Waals surface area contributed by atoms with Gasteiger partial charge in [-0.05, 0) is 64.8 Å². The zero-order valence-electron chi connectivity index (χ0n) is 17.2. The fraction of sp³-hybridized carbons (Fsp3) is 0.818. The molecule has 0 radical (unpaired) electrons. The molecule has 0 saturated carbocycles. The van der Waals surface area contributed by atoms with E-state index in [2.05, 4.69) is 69.5 Å². The van der Waals surface area contributed by atoms with Crippen molar-refractivity contribution >= 4 is 41.8 Å². The molecule has 142 valence electrons. The summed E-state index contributed by atoms with van der Waals surface area (Å²) in [6.07, 6.45) is 15.3. The Morgan fingerprint density at radius 3 is 2.08 bits per heavy atom. The van der Waals surface area contributed by atoms with Gasteiger partial charge in [0.05, 0.1) is 0 Å². The molecule has 0 N–H and O–H groups in total. The third-order valence-corrected chi connectivity index (χ3v) is 8.43. The lowest BCUT2D eigenvalue weighted by Gasteiger charge is -2.23. The Kier molecular flexibility index (Phi) is 8.85. The van der Waals surface area contributed by atoms with Gasteiger partial charge in [-0.15, -0.1) is 11.3 Å². The molecule has 0 spiro atoms. The highest BCUT2D eigenvalue weighted by atomic mass is 127. The molecular formula is C22H38BIS. The van der Waals surface area contributed by atoms with Gasteiger partial charge in [-0.2, -0.15) is 0 Å². The molecule has 1 aromatic heterocycles. The van der Waals surface area contributed by atoms with E-state index in [0.29, 0.717) is 15.2 Å². The topological polar surface area (TPSA) is 0 Å². The summed E-state index contributed by atoms with van der Waals surface area (Å²) in [5.74, 6) is 1.35. The Hall–Kier alpha value is 0.495. The van der Waals surface area contributed by atoms with Crippen LogP contribution in [0, 0.1) is 0 Å². The number of thiophene rings is 1. The third kappa shape index (κ3) is 6.55. The highest BCUT2D eigenvalue weighted by Gasteiger charge is 2.23. The van der Waals surface area contributed by atoms with Crippen molar-refractivity contribution in [3.05, 3.63) is 20.9 Å². The molecule has 0 bridgehead atoms. The SMILES string of the molecule is BC1(I)CCCCCCCCc2c(sc(C(C)C)c2C(C)C)CCC1. The van der Waals surface area contributed by atoms with Gasteiger partial charge in [-0.3, -0.25) is 0 Å². The molecule has 1 heterocycles. The molecule has 2 rings (SSSR count). The minimum absolute atomic E-state index is 0.501.